The van der Waals surface area contributed by atoms with Gasteiger partial charge in [-0.3, -0.25) is 4.57 Å². The largest absolute Gasteiger partial charge is 0.510 e. The summed E-state index contributed by atoms with van der Waals surface area (Å²) in [6.45, 7) is 0. The number of aromatic nitrogens is 4. The average molecular weight is 422 g/mol. The number of hydrogen-bond acceptors (Lipinski definition) is 5. The lowest BCUT2D eigenvalue weighted by atomic mass is 10.2. The monoisotopic (exact) mass is 421 g/mol. The lowest BCUT2D eigenvalue weighted by Crippen LogP contribution is -2.02. The summed E-state index contributed by atoms with van der Waals surface area (Å²) in [5.41, 5.74) is 2.69. The molecule has 29 heavy (non-hydrogen) atoms. The zero-order valence-electron chi connectivity index (χ0n) is 15.5. The van der Waals surface area contributed by atoms with Crippen molar-refractivity contribution >= 4 is 40.0 Å². The molecule has 2 heterocycles. The highest BCUT2D eigenvalue weighted by Gasteiger charge is 2.17. The van der Waals surface area contributed by atoms with Crippen LogP contribution < -0.4 is 0 Å². The van der Waals surface area contributed by atoms with Gasteiger partial charge in [-0.2, -0.15) is 5.26 Å². The van der Waals surface area contributed by atoms with Gasteiger partial charge in [0, 0.05) is 30.2 Å². The number of aliphatic hydroxyl groups excluding tert-OH is 1. The number of rotatable bonds is 5. The van der Waals surface area contributed by atoms with E-state index in [4.69, 9.17) is 11.6 Å². The van der Waals surface area contributed by atoms with Gasteiger partial charge in [-0.25, -0.2) is 9.97 Å². The van der Waals surface area contributed by atoms with Crippen LogP contribution in [-0.4, -0.2) is 30.0 Å². The van der Waals surface area contributed by atoms with Crippen molar-refractivity contribution in [3.05, 3.63) is 77.5 Å². The van der Waals surface area contributed by atoms with E-state index in [2.05, 4.69) is 16.0 Å². The van der Waals surface area contributed by atoms with Crippen LogP contribution in [0.1, 0.15) is 5.82 Å². The lowest BCUT2D eigenvalue weighted by molar-refractivity contribution is 0.420. The van der Waals surface area contributed by atoms with E-state index in [9.17, 15) is 10.4 Å². The molecule has 0 saturated heterocycles. The summed E-state index contributed by atoms with van der Waals surface area (Å²) in [6, 6.07) is 17.1. The maximum Gasteiger partial charge on any atom is 0.173 e. The van der Waals surface area contributed by atoms with Crippen molar-refractivity contribution in [2.24, 2.45) is 7.05 Å². The van der Waals surface area contributed by atoms with Crippen molar-refractivity contribution in [2.45, 2.75) is 5.16 Å². The molecule has 0 aliphatic rings. The number of allylic oxidation sites excluding steroid dienone is 1. The number of halogens is 1. The minimum Gasteiger partial charge on any atom is -0.510 e. The van der Waals surface area contributed by atoms with Crippen molar-refractivity contribution in [3.8, 4) is 11.8 Å². The normalized spacial score (nSPS) is 12.0. The SMILES string of the molecule is Cn1c(/C(C#N)=C(\O)CSc2nccn2-c2cccc(Cl)c2)nc2ccccc21. The number of nitriles is 1. The number of nitrogens with zero attached hydrogens (tertiary/aromatic N) is 5. The fourth-order valence-corrected chi connectivity index (χ4v) is 4.07. The van der Waals surface area contributed by atoms with Gasteiger partial charge >= 0.3 is 0 Å². The van der Waals surface area contributed by atoms with Crippen LogP contribution in [0.5, 0.6) is 0 Å². The van der Waals surface area contributed by atoms with Crippen LogP contribution in [0.25, 0.3) is 22.3 Å². The summed E-state index contributed by atoms with van der Waals surface area (Å²) < 4.78 is 3.69. The first-order valence-electron chi connectivity index (χ1n) is 8.74. The molecule has 4 aromatic rings. The number of imidazole rings is 2. The van der Waals surface area contributed by atoms with Crippen molar-refractivity contribution in [2.75, 3.05) is 5.75 Å². The predicted octanol–water partition coefficient (Wildman–Crippen LogP) is 5.00. The Kier molecular flexibility index (Phi) is 5.30. The van der Waals surface area contributed by atoms with E-state index in [0.717, 1.165) is 16.7 Å². The van der Waals surface area contributed by atoms with E-state index >= 15 is 0 Å². The van der Waals surface area contributed by atoms with Gasteiger partial charge in [0.2, 0.25) is 0 Å². The fraction of sp³-hybridized carbons (Fsp3) is 0.0952. The topological polar surface area (TPSA) is 79.7 Å². The second-order valence-corrected chi connectivity index (χ2v) is 7.64. The zero-order valence-corrected chi connectivity index (χ0v) is 17.0. The molecular weight excluding hydrogens is 406 g/mol. The molecule has 0 unspecified atom stereocenters. The summed E-state index contributed by atoms with van der Waals surface area (Å²) >= 11 is 7.41. The van der Waals surface area contributed by atoms with Crippen LogP contribution in [0.2, 0.25) is 5.02 Å². The molecule has 0 amide bonds. The van der Waals surface area contributed by atoms with Crippen molar-refractivity contribution in [1.82, 2.24) is 19.1 Å². The van der Waals surface area contributed by atoms with Crippen LogP contribution in [0.15, 0.2) is 71.8 Å². The van der Waals surface area contributed by atoms with Crippen molar-refractivity contribution in [1.29, 1.82) is 5.26 Å². The van der Waals surface area contributed by atoms with Gasteiger partial charge in [-0.1, -0.05) is 41.6 Å². The van der Waals surface area contributed by atoms with E-state index in [1.807, 2.05) is 64.8 Å². The molecule has 1 N–H and O–H groups in total. The Bertz CT molecular complexity index is 1270. The van der Waals surface area contributed by atoms with Crippen LogP contribution in [0.3, 0.4) is 0 Å². The molecule has 0 atom stereocenters. The Balaban J connectivity index is 1.63. The third-order valence-corrected chi connectivity index (χ3v) is 5.66. The molecule has 144 valence electrons. The van der Waals surface area contributed by atoms with Gasteiger partial charge in [-0.15, -0.1) is 0 Å². The van der Waals surface area contributed by atoms with E-state index in [-0.39, 0.29) is 17.1 Å². The summed E-state index contributed by atoms with van der Waals surface area (Å²) in [7, 11) is 1.83. The maximum absolute atomic E-state index is 10.6. The molecule has 2 aromatic heterocycles. The van der Waals surface area contributed by atoms with E-state index in [0.29, 0.717) is 16.0 Å². The minimum atomic E-state index is -0.0449. The quantitative estimate of drug-likeness (QED) is 0.279. The number of hydrogen-bond donors (Lipinski definition) is 1. The minimum absolute atomic E-state index is 0.0449. The second-order valence-electron chi connectivity index (χ2n) is 6.27. The Morgan fingerprint density at radius 2 is 2.07 bits per heavy atom. The van der Waals surface area contributed by atoms with Crippen LogP contribution >= 0.6 is 23.4 Å². The van der Waals surface area contributed by atoms with Crippen LogP contribution in [-0.2, 0) is 7.05 Å². The van der Waals surface area contributed by atoms with Crippen LogP contribution in [0, 0.1) is 11.3 Å². The highest BCUT2D eigenvalue weighted by Crippen LogP contribution is 2.27. The molecule has 2 aromatic carbocycles. The van der Waals surface area contributed by atoms with Gasteiger partial charge in [0.05, 0.1) is 16.8 Å². The Morgan fingerprint density at radius 3 is 2.83 bits per heavy atom. The first-order valence-corrected chi connectivity index (χ1v) is 10.1. The number of aryl methyl sites for hydroxylation is 1. The number of thioether (sulfide) groups is 1. The van der Waals surface area contributed by atoms with E-state index in [1.165, 1.54) is 11.8 Å². The third-order valence-electron chi connectivity index (χ3n) is 4.44. The molecule has 4 rings (SSSR count). The van der Waals surface area contributed by atoms with Gasteiger partial charge in [0.1, 0.15) is 17.4 Å². The molecule has 0 bridgehead atoms. The van der Waals surface area contributed by atoms with Crippen molar-refractivity contribution < 1.29 is 5.11 Å². The van der Waals surface area contributed by atoms with Gasteiger partial charge in [0.25, 0.3) is 0 Å². The first-order chi connectivity index (χ1) is 14.1. The Hall–Kier alpha value is -3.21. The average Bonchev–Trinajstić information content (AvgIpc) is 3.32. The van der Waals surface area contributed by atoms with Gasteiger partial charge in [0.15, 0.2) is 11.0 Å². The highest BCUT2D eigenvalue weighted by atomic mass is 35.5. The smallest absolute Gasteiger partial charge is 0.173 e. The number of benzene rings is 2. The standard InChI is InChI=1S/C21H16ClN5OS/c1-26-18-8-3-2-7-17(18)25-20(26)16(12-23)19(28)13-29-21-24-9-10-27(21)15-6-4-5-14(22)11-15/h2-11,28H,13H2,1H3/b19-16-. The molecule has 0 fully saturated rings. The van der Waals surface area contributed by atoms with Gasteiger partial charge in [-0.05, 0) is 30.3 Å². The molecule has 0 spiro atoms. The summed E-state index contributed by atoms with van der Waals surface area (Å²) in [5.74, 6) is 0.575. The van der Waals surface area contributed by atoms with E-state index in [1.54, 1.807) is 12.3 Å². The third kappa shape index (κ3) is 3.73. The Labute approximate surface area is 176 Å². The second kappa shape index (κ2) is 8.03. The summed E-state index contributed by atoms with van der Waals surface area (Å²) in [4.78, 5) is 8.85. The molecule has 0 radical (unpaired) electrons. The highest BCUT2D eigenvalue weighted by molar-refractivity contribution is 7.99. The number of aliphatic hydroxyl groups is 1. The molecular formula is C21H16ClN5OS. The maximum atomic E-state index is 10.6. The predicted molar refractivity (Wildman–Crippen MR) is 115 cm³/mol. The summed E-state index contributed by atoms with van der Waals surface area (Å²) in [5, 5.41) is 21.6. The van der Waals surface area contributed by atoms with Crippen LogP contribution in [0.4, 0.5) is 0 Å². The fourth-order valence-electron chi connectivity index (χ4n) is 3.04. The number of fused-ring (bicyclic) bond motifs is 1. The summed E-state index contributed by atoms with van der Waals surface area (Å²) in [6.07, 6.45) is 3.51. The molecule has 0 saturated carbocycles. The number of para-hydroxylation sites is 2. The lowest BCUT2D eigenvalue weighted by Gasteiger charge is -2.08. The zero-order chi connectivity index (χ0) is 20.4. The van der Waals surface area contributed by atoms with E-state index < -0.39 is 0 Å². The Morgan fingerprint density at radius 1 is 1.24 bits per heavy atom. The van der Waals surface area contributed by atoms with Crippen molar-refractivity contribution in [3.63, 3.8) is 0 Å². The molecule has 0 aliphatic heterocycles. The molecule has 8 heteroatoms. The molecule has 6 nitrogen and oxygen atoms in total. The first kappa shape index (κ1) is 19.1. The molecule has 0 aliphatic carbocycles. The van der Waals surface area contributed by atoms with Gasteiger partial charge < -0.3 is 9.67 Å².